The number of ether oxygens (including phenoxy) is 1. The van der Waals surface area contributed by atoms with Gasteiger partial charge in [-0.15, -0.1) is 0 Å². The van der Waals surface area contributed by atoms with Crippen LogP contribution in [0, 0.1) is 40.4 Å². The van der Waals surface area contributed by atoms with Crippen molar-refractivity contribution in [1.29, 1.82) is 0 Å². The van der Waals surface area contributed by atoms with Gasteiger partial charge in [-0.3, -0.25) is 9.59 Å². The van der Waals surface area contributed by atoms with Crippen LogP contribution in [0.1, 0.15) is 78.6 Å². The lowest BCUT2D eigenvalue weighted by Gasteiger charge is -2.60. The van der Waals surface area contributed by atoms with Gasteiger partial charge in [0.2, 0.25) is 0 Å². The molecule has 0 aliphatic heterocycles. The largest absolute Gasteiger partial charge is 0.458 e. The molecule has 0 saturated heterocycles. The molecule has 0 bridgehead atoms. The van der Waals surface area contributed by atoms with Crippen molar-refractivity contribution >= 4 is 11.8 Å². The van der Waals surface area contributed by atoms with Crippen molar-refractivity contribution in [3.8, 4) is 0 Å². The standard InChI is InChI=1S/C23H36O4/c1-14(24)27-13-21(26)20-7-6-18-17-5-4-15-12-16(25)8-10-22(15,2)19(17)9-11-23(18,20)3/h15-20,25H,4-13H2,1-3H3/t15-,16-,17+,18-,19-,20+,22+,23-/m1/s1. The Morgan fingerprint density at radius 3 is 2.41 bits per heavy atom. The monoisotopic (exact) mass is 376 g/mol. The quantitative estimate of drug-likeness (QED) is 0.752. The lowest BCUT2D eigenvalue weighted by Crippen LogP contribution is -2.54. The highest BCUT2D eigenvalue weighted by molar-refractivity contribution is 5.85. The van der Waals surface area contributed by atoms with Crippen molar-refractivity contribution in [2.45, 2.75) is 84.7 Å². The van der Waals surface area contributed by atoms with Gasteiger partial charge in [0.05, 0.1) is 6.10 Å². The predicted octanol–water partition coefficient (Wildman–Crippen LogP) is 4.14. The Kier molecular flexibility index (Phi) is 4.93. The second-order valence-electron chi connectivity index (χ2n) is 10.5. The first-order valence-electron chi connectivity index (χ1n) is 11.1. The minimum Gasteiger partial charge on any atom is -0.458 e. The highest BCUT2D eigenvalue weighted by atomic mass is 16.5. The molecule has 0 aromatic carbocycles. The molecule has 4 nitrogen and oxygen atoms in total. The van der Waals surface area contributed by atoms with Crippen LogP contribution < -0.4 is 0 Å². The number of carbonyl (C=O) groups is 2. The molecule has 1 N–H and O–H groups in total. The summed E-state index contributed by atoms with van der Waals surface area (Å²) in [4.78, 5) is 23.9. The van der Waals surface area contributed by atoms with Crippen LogP contribution in [-0.4, -0.2) is 29.6 Å². The van der Waals surface area contributed by atoms with E-state index in [0.717, 1.165) is 50.4 Å². The predicted molar refractivity (Wildman–Crippen MR) is 103 cm³/mol. The molecule has 27 heavy (non-hydrogen) atoms. The van der Waals surface area contributed by atoms with Crippen LogP contribution in [0.25, 0.3) is 0 Å². The number of carbonyl (C=O) groups excluding carboxylic acids is 2. The van der Waals surface area contributed by atoms with Crippen molar-refractivity contribution in [2.75, 3.05) is 6.61 Å². The number of aliphatic hydroxyl groups is 1. The smallest absolute Gasteiger partial charge is 0.303 e. The molecule has 4 fully saturated rings. The van der Waals surface area contributed by atoms with E-state index in [1.165, 1.54) is 26.2 Å². The normalized spacial score (nSPS) is 48.9. The van der Waals surface area contributed by atoms with Gasteiger partial charge in [0, 0.05) is 12.8 Å². The first-order valence-corrected chi connectivity index (χ1v) is 11.1. The molecule has 4 heteroatoms. The fraction of sp³-hybridized carbons (Fsp3) is 0.913. The van der Waals surface area contributed by atoms with Gasteiger partial charge in [0.25, 0.3) is 0 Å². The van der Waals surface area contributed by atoms with Gasteiger partial charge in [-0.2, -0.15) is 0 Å². The average molecular weight is 377 g/mol. The third-order valence-electron chi connectivity index (χ3n) is 9.44. The first kappa shape index (κ1) is 19.4. The average Bonchev–Trinajstić information content (AvgIpc) is 2.97. The molecule has 0 aromatic rings. The zero-order chi connectivity index (χ0) is 19.4. The third kappa shape index (κ3) is 3.07. The molecular formula is C23H36O4. The molecule has 0 unspecified atom stereocenters. The van der Waals surface area contributed by atoms with Gasteiger partial charge in [-0.05, 0) is 92.3 Å². The van der Waals surface area contributed by atoms with Gasteiger partial charge < -0.3 is 9.84 Å². The Morgan fingerprint density at radius 1 is 0.963 bits per heavy atom. The maximum atomic E-state index is 12.8. The van der Waals surface area contributed by atoms with E-state index in [9.17, 15) is 14.7 Å². The van der Waals surface area contributed by atoms with E-state index in [2.05, 4.69) is 13.8 Å². The highest BCUT2D eigenvalue weighted by Gasteiger charge is 2.61. The van der Waals surface area contributed by atoms with Crippen LogP contribution in [0.15, 0.2) is 0 Å². The molecule has 0 radical (unpaired) electrons. The summed E-state index contributed by atoms with van der Waals surface area (Å²) in [5.41, 5.74) is 0.457. The van der Waals surface area contributed by atoms with Gasteiger partial charge >= 0.3 is 5.97 Å². The zero-order valence-corrected chi connectivity index (χ0v) is 17.2. The van der Waals surface area contributed by atoms with Crippen LogP contribution in [0.4, 0.5) is 0 Å². The number of aliphatic hydroxyl groups excluding tert-OH is 1. The second-order valence-corrected chi connectivity index (χ2v) is 10.5. The number of hydrogen-bond donors (Lipinski definition) is 1. The number of fused-ring (bicyclic) bond motifs is 5. The number of hydrogen-bond acceptors (Lipinski definition) is 4. The van der Waals surface area contributed by atoms with E-state index in [1.807, 2.05) is 0 Å². The molecule has 152 valence electrons. The Morgan fingerprint density at radius 2 is 1.67 bits per heavy atom. The molecule has 4 aliphatic rings. The van der Waals surface area contributed by atoms with Crippen molar-refractivity contribution in [3.05, 3.63) is 0 Å². The van der Waals surface area contributed by atoms with Crippen molar-refractivity contribution in [3.63, 3.8) is 0 Å². The molecule has 4 aliphatic carbocycles. The summed E-state index contributed by atoms with van der Waals surface area (Å²) in [6.45, 7) is 6.17. The lowest BCUT2D eigenvalue weighted by atomic mass is 9.44. The van der Waals surface area contributed by atoms with Gasteiger partial charge in [0.1, 0.15) is 6.61 Å². The minimum atomic E-state index is -0.363. The third-order valence-corrected chi connectivity index (χ3v) is 9.44. The molecule has 8 atom stereocenters. The molecule has 0 aromatic heterocycles. The van der Waals surface area contributed by atoms with E-state index in [4.69, 9.17) is 4.74 Å². The van der Waals surface area contributed by atoms with Crippen LogP contribution in [0.3, 0.4) is 0 Å². The number of Topliss-reactive ketones (excluding diaryl/α,β-unsaturated/α-hetero) is 1. The van der Waals surface area contributed by atoms with Gasteiger partial charge in [0.15, 0.2) is 5.78 Å². The zero-order valence-electron chi connectivity index (χ0n) is 17.2. The first-order chi connectivity index (χ1) is 12.8. The summed E-state index contributed by atoms with van der Waals surface area (Å²) >= 11 is 0. The Bertz CT molecular complexity index is 615. The van der Waals surface area contributed by atoms with Crippen molar-refractivity contribution < 1.29 is 19.4 Å². The summed E-state index contributed by atoms with van der Waals surface area (Å²) in [5, 5.41) is 10.2. The van der Waals surface area contributed by atoms with Crippen LogP contribution in [0.2, 0.25) is 0 Å². The van der Waals surface area contributed by atoms with E-state index in [-0.39, 0.29) is 35.8 Å². The molecule has 0 amide bonds. The Labute approximate surface area is 163 Å². The highest BCUT2D eigenvalue weighted by Crippen LogP contribution is 2.67. The fourth-order valence-corrected chi connectivity index (χ4v) is 8.04. The summed E-state index contributed by atoms with van der Waals surface area (Å²) < 4.78 is 5.03. The maximum absolute atomic E-state index is 12.8. The van der Waals surface area contributed by atoms with E-state index in [1.54, 1.807) is 0 Å². The van der Waals surface area contributed by atoms with Crippen molar-refractivity contribution in [1.82, 2.24) is 0 Å². The number of rotatable bonds is 3. The molecule has 4 rings (SSSR count). The van der Waals surface area contributed by atoms with E-state index < -0.39 is 0 Å². The number of esters is 1. The lowest BCUT2D eigenvalue weighted by molar-refractivity contribution is -0.151. The minimum absolute atomic E-state index is 0.0475. The van der Waals surface area contributed by atoms with Crippen LogP contribution in [0.5, 0.6) is 0 Å². The molecule has 4 saturated carbocycles. The fourth-order valence-electron chi connectivity index (χ4n) is 8.04. The molecule has 0 spiro atoms. The Hall–Kier alpha value is -0.900. The maximum Gasteiger partial charge on any atom is 0.303 e. The second kappa shape index (κ2) is 6.86. The summed E-state index contributed by atoms with van der Waals surface area (Å²) in [5.74, 6) is 2.62. The van der Waals surface area contributed by atoms with Gasteiger partial charge in [-0.25, -0.2) is 0 Å². The van der Waals surface area contributed by atoms with Gasteiger partial charge in [-0.1, -0.05) is 13.8 Å². The van der Waals surface area contributed by atoms with E-state index >= 15 is 0 Å². The number of ketones is 1. The van der Waals surface area contributed by atoms with Crippen LogP contribution >= 0.6 is 0 Å². The summed E-state index contributed by atoms with van der Waals surface area (Å²) in [6.07, 6.45) is 9.99. The topological polar surface area (TPSA) is 63.6 Å². The molecule has 0 heterocycles. The van der Waals surface area contributed by atoms with Crippen LogP contribution in [-0.2, 0) is 14.3 Å². The summed E-state index contributed by atoms with van der Waals surface area (Å²) in [6, 6.07) is 0. The summed E-state index contributed by atoms with van der Waals surface area (Å²) in [7, 11) is 0. The molecular weight excluding hydrogens is 340 g/mol. The van der Waals surface area contributed by atoms with Crippen molar-refractivity contribution in [2.24, 2.45) is 40.4 Å². The van der Waals surface area contributed by atoms with E-state index in [0.29, 0.717) is 17.3 Å². The Balaban J connectivity index is 1.52. The SMILES string of the molecule is CC(=O)OCC(=O)[C@@H]1CC[C@@H]2[C@@H]3CC[C@@H]4C[C@H](O)CC[C@]4(C)[C@@H]3CC[C@]21C.